The zero-order chi connectivity index (χ0) is 23.4. The van der Waals surface area contributed by atoms with Crippen molar-refractivity contribution in [2.24, 2.45) is 0 Å². The lowest BCUT2D eigenvalue weighted by Gasteiger charge is -2.31. The van der Waals surface area contributed by atoms with Gasteiger partial charge in [-0.2, -0.15) is 0 Å². The van der Waals surface area contributed by atoms with Crippen molar-refractivity contribution in [3.8, 4) is 0 Å². The number of hydrogen-bond acceptors (Lipinski definition) is 7. The van der Waals surface area contributed by atoms with Gasteiger partial charge in [-0.05, 0) is 80.4 Å². The molecule has 0 aromatic rings. The van der Waals surface area contributed by atoms with Crippen LogP contribution in [0.15, 0.2) is 0 Å². The Morgan fingerprint density at radius 3 is 1.00 bits per heavy atom. The van der Waals surface area contributed by atoms with E-state index < -0.39 is 17.6 Å². The van der Waals surface area contributed by atoms with Gasteiger partial charge in [0.05, 0.1) is 0 Å². The van der Waals surface area contributed by atoms with Gasteiger partial charge in [0, 0.05) is 51.7 Å². The van der Waals surface area contributed by atoms with E-state index in [-0.39, 0.29) is 0 Å². The maximum absolute atomic E-state index is 6.01. The van der Waals surface area contributed by atoms with Gasteiger partial charge >= 0.3 is 17.6 Å². The molecule has 0 aliphatic rings. The quantitative estimate of drug-likeness (QED) is 0.191. The summed E-state index contributed by atoms with van der Waals surface area (Å²) in [6.45, 7) is 21.2. The molecule has 31 heavy (non-hydrogen) atoms. The largest absolute Gasteiger partial charge is 0.500 e. The van der Waals surface area contributed by atoms with Crippen LogP contribution >= 0.6 is 0 Å². The van der Waals surface area contributed by atoms with Crippen molar-refractivity contribution in [3.05, 3.63) is 0 Å². The van der Waals surface area contributed by atoms with Crippen molar-refractivity contribution < 1.29 is 26.6 Å². The highest BCUT2D eigenvalue weighted by molar-refractivity contribution is 6.61. The fourth-order valence-electron chi connectivity index (χ4n) is 3.76. The molecule has 0 unspecified atom stereocenters. The minimum atomic E-state index is -2.57. The Bertz CT molecular complexity index is 340. The molecule has 0 aromatic carbocycles. The molecule has 188 valence electrons. The van der Waals surface area contributed by atoms with Crippen LogP contribution in [0.4, 0.5) is 0 Å². The van der Waals surface area contributed by atoms with Crippen molar-refractivity contribution in [3.63, 3.8) is 0 Å². The van der Waals surface area contributed by atoms with Gasteiger partial charge < -0.3 is 31.5 Å². The Balaban J connectivity index is 4.86. The smallest absolute Gasteiger partial charge is 0.374 e. The summed E-state index contributed by atoms with van der Waals surface area (Å²) in [5.41, 5.74) is 0. The van der Waals surface area contributed by atoms with Crippen molar-refractivity contribution in [2.45, 2.75) is 86.2 Å². The minimum Gasteiger partial charge on any atom is -0.374 e. The summed E-state index contributed by atoms with van der Waals surface area (Å²) in [7, 11) is -5.13. The van der Waals surface area contributed by atoms with Gasteiger partial charge in [0.2, 0.25) is 0 Å². The minimum absolute atomic E-state index is 0.630. The summed E-state index contributed by atoms with van der Waals surface area (Å²) in [5, 5.41) is 0. The first-order chi connectivity index (χ1) is 15.0. The third kappa shape index (κ3) is 13.5. The molecule has 0 aliphatic carbocycles. The molecule has 0 atom stereocenters. The fourth-order valence-corrected chi connectivity index (χ4v) is 8.95. The maximum atomic E-state index is 6.01. The Morgan fingerprint density at radius 1 is 0.452 bits per heavy atom. The molecule has 0 radical (unpaired) electrons. The van der Waals surface area contributed by atoms with E-state index in [9.17, 15) is 0 Å². The summed E-state index contributed by atoms with van der Waals surface area (Å²) < 4.78 is 36.1. The highest BCUT2D eigenvalue weighted by atomic mass is 28.4. The van der Waals surface area contributed by atoms with Crippen LogP contribution in [0.1, 0.15) is 74.1 Å². The highest BCUT2D eigenvalue weighted by Gasteiger charge is 2.41. The molecular formula is C22H51NO6Si2. The van der Waals surface area contributed by atoms with Gasteiger partial charge in [-0.15, -0.1) is 0 Å². The molecule has 0 aliphatic heterocycles. The summed E-state index contributed by atoms with van der Waals surface area (Å²) in [5.74, 6) is 0. The second kappa shape index (κ2) is 19.6. The average molecular weight is 482 g/mol. The normalized spacial score (nSPS) is 12.8. The van der Waals surface area contributed by atoms with Gasteiger partial charge in [0.25, 0.3) is 0 Å². The van der Waals surface area contributed by atoms with E-state index in [1.807, 2.05) is 41.5 Å². The Labute approximate surface area is 194 Å². The first-order valence-electron chi connectivity index (χ1n) is 12.6. The zero-order valence-electron chi connectivity index (χ0n) is 21.5. The van der Waals surface area contributed by atoms with Gasteiger partial charge in [0.15, 0.2) is 0 Å². The standard InChI is InChI=1S/C22H51NO6Si2/c1-8-15-18-23(19-16-21-30(24-9-2,25-10-3)26-11-4)20-17-22-31(27-12-5,28-13-6)29-14-7/h8-22H2,1-7H3. The van der Waals surface area contributed by atoms with Crippen LogP contribution in [0.2, 0.25) is 12.1 Å². The van der Waals surface area contributed by atoms with Crippen molar-refractivity contribution in [1.29, 1.82) is 0 Å². The van der Waals surface area contributed by atoms with Crippen molar-refractivity contribution in [2.75, 3.05) is 59.3 Å². The molecule has 7 nitrogen and oxygen atoms in total. The van der Waals surface area contributed by atoms with Crippen LogP contribution in [-0.2, 0) is 26.6 Å². The van der Waals surface area contributed by atoms with Gasteiger partial charge in [-0.1, -0.05) is 13.3 Å². The number of rotatable bonds is 23. The molecule has 0 aromatic heterocycles. The zero-order valence-corrected chi connectivity index (χ0v) is 23.5. The molecule has 0 spiro atoms. The monoisotopic (exact) mass is 481 g/mol. The predicted octanol–water partition coefficient (Wildman–Crippen LogP) is 4.97. The molecule has 0 saturated heterocycles. The van der Waals surface area contributed by atoms with Gasteiger partial charge in [0.1, 0.15) is 0 Å². The second-order valence-corrected chi connectivity index (χ2v) is 12.8. The first-order valence-corrected chi connectivity index (χ1v) is 16.4. The molecule has 0 fully saturated rings. The van der Waals surface area contributed by atoms with Gasteiger partial charge in [-0.3, -0.25) is 0 Å². The Kier molecular flexibility index (Phi) is 19.7. The van der Waals surface area contributed by atoms with Crippen LogP contribution in [0.25, 0.3) is 0 Å². The highest BCUT2D eigenvalue weighted by Crippen LogP contribution is 2.21. The summed E-state index contributed by atoms with van der Waals surface area (Å²) in [6, 6.07) is 1.72. The van der Waals surface area contributed by atoms with Crippen LogP contribution in [-0.4, -0.2) is 81.8 Å². The van der Waals surface area contributed by atoms with Crippen LogP contribution in [0.5, 0.6) is 0 Å². The number of nitrogens with zero attached hydrogens (tertiary/aromatic N) is 1. The molecule has 0 saturated carbocycles. The van der Waals surface area contributed by atoms with E-state index in [1.165, 1.54) is 12.8 Å². The van der Waals surface area contributed by atoms with Crippen LogP contribution in [0, 0.1) is 0 Å². The summed E-state index contributed by atoms with van der Waals surface area (Å²) >= 11 is 0. The Morgan fingerprint density at radius 2 is 0.742 bits per heavy atom. The molecule has 0 heterocycles. The topological polar surface area (TPSA) is 58.6 Å². The van der Waals surface area contributed by atoms with Crippen LogP contribution < -0.4 is 0 Å². The van der Waals surface area contributed by atoms with E-state index in [0.717, 1.165) is 44.6 Å². The third-order valence-electron chi connectivity index (χ3n) is 4.93. The lowest BCUT2D eigenvalue weighted by Crippen LogP contribution is -2.47. The summed E-state index contributed by atoms with van der Waals surface area (Å²) in [6.07, 6.45) is 4.43. The average Bonchev–Trinajstić information content (AvgIpc) is 2.73. The van der Waals surface area contributed by atoms with E-state index in [2.05, 4.69) is 11.8 Å². The maximum Gasteiger partial charge on any atom is 0.500 e. The Hall–Kier alpha value is 0.154. The van der Waals surface area contributed by atoms with E-state index >= 15 is 0 Å². The van der Waals surface area contributed by atoms with Gasteiger partial charge in [-0.25, -0.2) is 0 Å². The number of unbranched alkanes of at least 4 members (excludes halogenated alkanes) is 1. The summed E-state index contributed by atoms with van der Waals surface area (Å²) in [4.78, 5) is 2.55. The predicted molar refractivity (Wildman–Crippen MR) is 131 cm³/mol. The SMILES string of the molecule is CCCCN(CCC[Si](OCC)(OCC)OCC)CCC[Si](OCC)(OCC)OCC. The molecule has 0 amide bonds. The molecule has 0 bridgehead atoms. The second-order valence-electron chi connectivity index (χ2n) is 7.37. The van der Waals surface area contributed by atoms with E-state index in [4.69, 9.17) is 26.6 Å². The lowest BCUT2D eigenvalue weighted by molar-refractivity contribution is 0.0692. The van der Waals surface area contributed by atoms with E-state index in [1.54, 1.807) is 0 Å². The molecular weight excluding hydrogens is 430 g/mol. The molecule has 0 rings (SSSR count). The van der Waals surface area contributed by atoms with Crippen molar-refractivity contribution >= 4 is 17.6 Å². The molecule has 0 N–H and O–H groups in total. The van der Waals surface area contributed by atoms with E-state index in [0.29, 0.717) is 39.6 Å². The number of hydrogen-bond donors (Lipinski definition) is 0. The lowest BCUT2D eigenvalue weighted by atomic mass is 10.3. The molecule has 9 heteroatoms. The van der Waals surface area contributed by atoms with Crippen molar-refractivity contribution in [1.82, 2.24) is 4.90 Å². The van der Waals surface area contributed by atoms with Crippen LogP contribution in [0.3, 0.4) is 0 Å². The first kappa shape index (κ1) is 31.2. The third-order valence-corrected chi connectivity index (χ3v) is 11.2. The fraction of sp³-hybridized carbons (Fsp3) is 1.00.